The van der Waals surface area contributed by atoms with Gasteiger partial charge in [-0.15, -0.1) is 0 Å². The quantitative estimate of drug-likeness (QED) is 0.849. The van der Waals surface area contributed by atoms with Crippen LogP contribution >= 0.6 is 0 Å². The molecule has 0 spiro atoms. The van der Waals surface area contributed by atoms with Crippen molar-refractivity contribution in [3.05, 3.63) is 42.2 Å². The lowest BCUT2D eigenvalue weighted by atomic mass is 10.4. The smallest absolute Gasteiger partial charge is 0.147 e. The lowest BCUT2D eigenvalue weighted by Gasteiger charge is -2.20. The van der Waals surface area contributed by atoms with Gasteiger partial charge >= 0.3 is 0 Å². The SMILES string of the molecule is CCN(Cc1ccco1)c1cncc(CO)n1. The van der Waals surface area contributed by atoms with Crippen LogP contribution in [-0.4, -0.2) is 21.6 Å². The minimum absolute atomic E-state index is 0.0981. The van der Waals surface area contributed by atoms with Crippen molar-refractivity contribution in [2.45, 2.75) is 20.1 Å². The second-order valence-electron chi connectivity index (χ2n) is 3.62. The number of rotatable bonds is 5. The predicted molar refractivity (Wildman–Crippen MR) is 63.4 cm³/mol. The third-order valence-corrected chi connectivity index (χ3v) is 2.47. The topological polar surface area (TPSA) is 62.4 Å². The van der Waals surface area contributed by atoms with Crippen LogP contribution in [0.15, 0.2) is 35.2 Å². The third kappa shape index (κ3) is 2.82. The number of aliphatic hydroxyl groups is 1. The van der Waals surface area contributed by atoms with E-state index in [9.17, 15) is 0 Å². The molecule has 0 fully saturated rings. The average molecular weight is 233 g/mol. The van der Waals surface area contributed by atoms with Crippen molar-refractivity contribution in [3.8, 4) is 0 Å². The van der Waals surface area contributed by atoms with E-state index in [1.807, 2.05) is 24.0 Å². The fraction of sp³-hybridized carbons (Fsp3) is 0.333. The van der Waals surface area contributed by atoms with Gasteiger partial charge in [0.15, 0.2) is 0 Å². The van der Waals surface area contributed by atoms with Crippen molar-refractivity contribution < 1.29 is 9.52 Å². The summed E-state index contributed by atoms with van der Waals surface area (Å²) in [4.78, 5) is 10.4. The van der Waals surface area contributed by atoms with Crippen LogP contribution in [0.4, 0.5) is 5.82 Å². The molecule has 0 aliphatic rings. The Morgan fingerprint density at radius 3 is 2.94 bits per heavy atom. The van der Waals surface area contributed by atoms with E-state index in [0.29, 0.717) is 12.2 Å². The molecule has 2 heterocycles. The van der Waals surface area contributed by atoms with Gasteiger partial charge in [0.25, 0.3) is 0 Å². The molecule has 0 saturated heterocycles. The van der Waals surface area contributed by atoms with Crippen molar-refractivity contribution in [3.63, 3.8) is 0 Å². The molecular weight excluding hydrogens is 218 g/mol. The summed E-state index contributed by atoms with van der Waals surface area (Å²) in [6.45, 7) is 3.38. The van der Waals surface area contributed by atoms with Gasteiger partial charge in [0, 0.05) is 6.54 Å². The molecule has 0 amide bonds. The van der Waals surface area contributed by atoms with Gasteiger partial charge in [-0.2, -0.15) is 0 Å². The standard InChI is InChI=1S/C12H15N3O2/c1-2-15(8-11-4-3-5-17-11)12-7-13-6-10(9-16)14-12/h3-7,16H,2,8-9H2,1H3. The Balaban J connectivity index is 2.16. The summed E-state index contributed by atoms with van der Waals surface area (Å²) in [6, 6.07) is 3.78. The van der Waals surface area contributed by atoms with E-state index in [0.717, 1.165) is 18.1 Å². The van der Waals surface area contributed by atoms with E-state index < -0.39 is 0 Å². The minimum atomic E-state index is -0.0981. The van der Waals surface area contributed by atoms with Gasteiger partial charge in [0.05, 0.1) is 37.5 Å². The Morgan fingerprint density at radius 1 is 1.41 bits per heavy atom. The Bertz CT molecular complexity index is 457. The van der Waals surface area contributed by atoms with E-state index in [4.69, 9.17) is 9.52 Å². The Labute approximate surface area is 99.7 Å². The number of hydrogen-bond donors (Lipinski definition) is 1. The molecule has 1 N–H and O–H groups in total. The van der Waals surface area contributed by atoms with Crippen molar-refractivity contribution >= 4 is 5.82 Å². The maximum Gasteiger partial charge on any atom is 0.147 e. The lowest BCUT2D eigenvalue weighted by molar-refractivity contribution is 0.276. The number of hydrogen-bond acceptors (Lipinski definition) is 5. The van der Waals surface area contributed by atoms with Gasteiger partial charge in [-0.05, 0) is 19.1 Å². The highest BCUT2D eigenvalue weighted by molar-refractivity contribution is 5.36. The van der Waals surface area contributed by atoms with Crippen LogP contribution in [0.1, 0.15) is 18.4 Å². The molecule has 0 unspecified atom stereocenters. The average Bonchev–Trinajstić information content (AvgIpc) is 2.89. The van der Waals surface area contributed by atoms with E-state index in [-0.39, 0.29) is 6.61 Å². The molecule has 5 nitrogen and oxygen atoms in total. The molecule has 2 aromatic rings. The molecule has 0 aliphatic heterocycles. The normalized spacial score (nSPS) is 10.5. The minimum Gasteiger partial charge on any atom is -0.467 e. The van der Waals surface area contributed by atoms with E-state index in [1.165, 1.54) is 0 Å². The third-order valence-electron chi connectivity index (χ3n) is 2.47. The number of aromatic nitrogens is 2. The number of anilines is 1. The maximum atomic E-state index is 9.03. The van der Waals surface area contributed by atoms with Crippen LogP contribution in [-0.2, 0) is 13.2 Å². The van der Waals surface area contributed by atoms with Gasteiger partial charge in [-0.25, -0.2) is 4.98 Å². The summed E-state index contributed by atoms with van der Waals surface area (Å²) in [7, 11) is 0. The van der Waals surface area contributed by atoms with Crippen LogP contribution < -0.4 is 4.90 Å². The number of nitrogens with zero attached hydrogens (tertiary/aromatic N) is 3. The van der Waals surface area contributed by atoms with Crippen LogP contribution in [0.3, 0.4) is 0 Å². The molecule has 0 atom stereocenters. The van der Waals surface area contributed by atoms with E-state index in [2.05, 4.69) is 9.97 Å². The molecule has 0 saturated carbocycles. The molecule has 90 valence electrons. The maximum absolute atomic E-state index is 9.03. The summed E-state index contributed by atoms with van der Waals surface area (Å²) in [5.74, 6) is 1.62. The fourth-order valence-corrected chi connectivity index (χ4v) is 1.57. The van der Waals surface area contributed by atoms with Gasteiger partial charge in [0.2, 0.25) is 0 Å². The van der Waals surface area contributed by atoms with Crippen molar-refractivity contribution in [1.82, 2.24) is 9.97 Å². The van der Waals surface area contributed by atoms with Crippen LogP contribution in [0.25, 0.3) is 0 Å². The molecular formula is C12H15N3O2. The van der Waals surface area contributed by atoms with E-state index >= 15 is 0 Å². The fourth-order valence-electron chi connectivity index (χ4n) is 1.57. The molecule has 2 rings (SSSR count). The second-order valence-corrected chi connectivity index (χ2v) is 3.62. The summed E-state index contributed by atoms with van der Waals surface area (Å²) < 4.78 is 5.30. The van der Waals surface area contributed by atoms with Crippen molar-refractivity contribution in [1.29, 1.82) is 0 Å². The van der Waals surface area contributed by atoms with Crippen LogP contribution in [0.2, 0.25) is 0 Å². The number of aliphatic hydroxyl groups excluding tert-OH is 1. The zero-order chi connectivity index (χ0) is 12.1. The van der Waals surface area contributed by atoms with E-state index in [1.54, 1.807) is 18.7 Å². The van der Waals surface area contributed by atoms with Gasteiger partial charge in [0.1, 0.15) is 11.6 Å². The highest BCUT2D eigenvalue weighted by Crippen LogP contribution is 2.14. The first-order chi connectivity index (χ1) is 8.33. The molecule has 0 aromatic carbocycles. The predicted octanol–water partition coefficient (Wildman–Crippen LogP) is 1.59. The zero-order valence-corrected chi connectivity index (χ0v) is 9.71. The zero-order valence-electron chi connectivity index (χ0n) is 9.71. The number of furan rings is 1. The summed E-state index contributed by atoms with van der Waals surface area (Å²) in [5.41, 5.74) is 0.570. The monoisotopic (exact) mass is 233 g/mol. The summed E-state index contributed by atoms with van der Waals surface area (Å²) in [5, 5.41) is 9.03. The molecule has 0 radical (unpaired) electrons. The summed E-state index contributed by atoms with van der Waals surface area (Å²) in [6.07, 6.45) is 4.90. The highest BCUT2D eigenvalue weighted by Gasteiger charge is 2.09. The lowest BCUT2D eigenvalue weighted by Crippen LogP contribution is -2.23. The Morgan fingerprint density at radius 2 is 2.29 bits per heavy atom. The van der Waals surface area contributed by atoms with Crippen molar-refractivity contribution in [2.24, 2.45) is 0 Å². The first kappa shape index (κ1) is 11.6. The summed E-state index contributed by atoms with van der Waals surface area (Å²) >= 11 is 0. The molecule has 0 bridgehead atoms. The van der Waals surface area contributed by atoms with Gasteiger partial charge in [-0.3, -0.25) is 4.98 Å². The van der Waals surface area contributed by atoms with Gasteiger partial charge < -0.3 is 14.4 Å². The van der Waals surface area contributed by atoms with Crippen LogP contribution in [0.5, 0.6) is 0 Å². The van der Waals surface area contributed by atoms with Gasteiger partial charge in [-0.1, -0.05) is 0 Å². The molecule has 2 aromatic heterocycles. The molecule has 17 heavy (non-hydrogen) atoms. The first-order valence-electron chi connectivity index (χ1n) is 5.52. The molecule has 0 aliphatic carbocycles. The van der Waals surface area contributed by atoms with Crippen LogP contribution in [0, 0.1) is 0 Å². The second kappa shape index (κ2) is 5.45. The largest absolute Gasteiger partial charge is 0.467 e. The molecule has 5 heteroatoms. The Hall–Kier alpha value is -1.88. The first-order valence-corrected chi connectivity index (χ1v) is 5.52. The van der Waals surface area contributed by atoms with Crippen molar-refractivity contribution in [2.75, 3.05) is 11.4 Å². The Kier molecular flexibility index (Phi) is 3.72. The highest BCUT2D eigenvalue weighted by atomic mass is 16.3.